The summed E-state index contributed by atoms with van der Waals surface area (Å²) in [5.41, 5.74) is 1.41. The normalized spacial score (nSPS) is 10.9. The summed E-state index contributed by atoms with van der Waals surface area (Å²) < 4.78 is 0. The Labute approximate surface area is 156 Å². The van der Waals surface area contributed by atoms with Crippen molar-refractivity contribution in [2.75, 3.05) is 5.32 Å². The molecule has 0 spiro atoms. The number of amides is 2. The number of nitrogens with zero attached hydrogens (tertiary/aromatic N) is 1. The number of aromatic nitrogens is 1. The van der Waals surface area contributed by atoms with Gasteiger partial charge in [0.25, 0.3) is 11.8 Å². The highest BCUT2D eigenvalue weighted by Crippen LogP contribution is 2.22. The molecule has 0 aliphatic carbocycles. The monoisotopic (exact) mass is 359 g/mol. The molecule has 134 valence electrons. The second kappa shape index (κ2) is 8.44. The van der Waals surface area contributed by atoms with Gasteiger partial charge in [0.15, 0.2) is 0 Å². The number of rotatable bonds is 5. The Bertz CT molecular complexity index is 970. The fourth-order valence-electron chi connectivity index (χ4n) is 2.34. The minimum Gasteiger partial charge on any atom is -0.506 e. The molecule has 1 aromatic heterocycles. The second-order valence-electron chi connectivity index (χ2n) is 5.63. The zero-order valence-corrected chi connectivity index (χ0v) is 14.3. The van der Waals surface area contributed by atoms with E-state index in [2.05, 4.69) is 15.6 Å². The van der Waals surface area contributed by atoms with Crippen molar-refractivity contribution >= 4 is 23.6 Å². The molecule has 0 saturated heterocycles. The molecule has 27 heavy (non-hydrogen) atoms. The Kier molecular flexibility index (Phi) is 5.59. The highest BCUT2D eigenvalue weighted by molar-refractivity contribution is 6.11. The predicted octanol–water partition coefficient (Wildman–Crippen LogP) is 3.20. The van der Waals surface area contributed by atoms with Crippen molar-refractivity contribution in [3.63, 3.8) is 0 Å². The smallest absolute Gasteiger partial charge is 0.272 e. The lowest BCUT2D eigenvalue weighted by atomic mass is 10.2. The first-order chi connectivity index (χ1) is 13.1. The van der Waals surface area contributed by atoms with Gasteiger partial charge in [0, 0.05) is 18.0 Å². The number of phenols is 1. The average molecular weight is 359 g/mol. The van der Waals surface area contributed by atoms with E-state index in [1.54, 1.807) is 73.1 Å². The van der Waals surface area contributed by atoms with Gasteiger partial charge < -0.3 is 15.7 Å². The van der Waals surface area contributed by atoms with E-state index in [0.717, 1.165) is 0 Å². The maximum Gasteiger partial charge on any atom is 0.272 e. The number of phenolic OH excluding ortho intramolecular Hbond substituents is 1. The molecule has 0 aliphatic rings. The molecule has 3 aromatic rings. The summed E-state index contributed by atoms with van der Waals surface area (Å²) in [6, 6.07) is 18.4. The van der Waals surface area contributed by atoms with E-state index in [1.807, 2.05) is 0 Å². The molecular weight excluding hydrogens is 342 g/mol. The molecule has 2 aromatic carbocycles. The van der Waals surface area contributed by atoms with Gasteiger partial charge in [-0.15, -0.1) is 0 Å². The number of aromatic hydroxyl groups is 1. The lowest BCUT2D eigenvalue weighted by Gasteiger charge is -2.12. The van der Waals surface area contributed by atoms with Gasteiger partial charge in [0.2, 0.25) is 0 Å². The average Bonchev–Trinajstić information content (AvgIpc) is 2.70. The molecule has 0 unspecified atom stereocenters. The van der Waals surface area contributed by atoms with Crippen molar-refractivity contribution < 1.29 is 14.7 Å². The summed E-state index contributed by atoms with van der Waals surface area (Å²) in [5, 5.41) is 15.1. The van der Waals surface area contributed by atoms with Crippen LogP contribution in [0.25, 0.3) is 6.08 Å². The first kappa shape index (κ1) is 17.9. The number of hydrogen-bond acceptors (Lipinski definition) is 4. The van der Waals surface area contributed by atoms with E-state index >= 15 is 0 Å². The summed E-state index contributed by atoms with van der Waals surface area (Å²) in [6.07, 6.45) is 4.71. The van der Waals surface area contributed by atoms with Crippen LogP contribution in [0, 0.1) is 0 Å². The van der Waals surface area contributed by atoms with Crippen molar-refractivity contribution in [3.8, 4) is 5.75 Å². The molecule has 6 heteroatoms. The summed E-state index contributed by atoms with van der Waals surface area (Å²) in [5.74, 6) is -1.04. The highest BCUT2D eigenvalue weighted by Gasteiger charge is 2.16. The van der Waals surface area contributed by atoms with Crippen LogP contribution in [0.1, 0.15) is 15.9 Å². The molecule has 0 radical (unpaired) electrons. The van der Waals surface area contributed by atoms with Crippen molar-refractivity contribution in [1.82, 2.24) is 10.3 Å². The van der Waals surface area contributed by atoms with Gasteiger partial charge in [-0.1, -0.05) is 30.3 Å². The molecule has 0 fully saturated rings. The maximum atomic E-state index is 12.7. The van der Waals surface area contributed by atoms with Crippen LogP contribution in [0.2, 0.25) is 0 Å². The Morgan fingerprint density at radius 1 is 0.889 bits per heavy atom. The maximum absolute atomic E-state index is 12.7. The molecule has 1 heterocycles. The topological polar surface area (TPSA) is 91.3 Å². The Balaban J connectivity index is 1.88. The van der Waals surface area contributed by atoms with Gasteiger partial charge in [0.1, 0.15) is 11.4 Å². The van der Waals surface area contributed by atoms with E-state index in [9.17, 15) is 14.7 Å². The number of anilines is 1. The number of nitrogens with one attached hydrogen (secondary N) is 2. The summed E-state index contributed by atoms with van der Waals surface area (Å²) in [7, 11) is 0. The van der Waals surface area contributed by atoms with Crippen LogP contribution in [-0.4, -0.2) is 21.9 Å². The molecule has 6 nitrogen and oxygen atoms in total. The quantitative estimate of drug-likeness (QED) is 0.482. The third-order valence-corrected chi connectivity index (χ3v) is 3.70. The predicted molar refractivity (Wildman–Crippen MR) is 103 cm³/mol. The van der Waals surface area contributed by atoms with Crippen LogP contribution < -0.4 is 10.6 Å². The molecule has 0 atom stereocenters. The largest absolute Gasteiger partial charge is 0.506 e. The van der Waals surface area contributed by atoms with Gasteiger partial charge in [-0.2, -0.15) is 0 Å². The van der Waals surface area contributed by atoms with E-state index < -0.39 is 11.8 Å². The summed E-state index contributed by atoms with van der Waals surface area (Å²) in [4.78, 5) is 29.1. The third kappa shape index (κ3) is 4.79. The van der Waals surface area contributed by atoms with Gasteiger partial charge in [-0.25, -0.2) is 0 Å². The number of hydrogen-bond donors (Lipinski definition) is 3. The van der Waals surface area contributed by atoms with Crippen molar-refractivity contribution in [2.45, 2.75) is 0 Å². The highest BCUT2D eigenvalue weighted by atomic mass is 16.3. The third-order valence-electron chi connectivity index (χ3n) is 3.70. The van der Waals surface area contributed by atoms with E-state index in [-0.39, 0.29) is 17.1 Å². The number of pyridine rings is 1. The van der Waals surface area contributed by atoms with Crippen molar-refractivity contribution in [1.29, 1.82) is 0 Å². The molecule has 0 aliphatic heterocycles. The minimum atomic E-state index is -0.558. The van der Waals surface area contributed by atoms with Crippen LogP contribution in [0.3, 0.4) is 0 Å². The van der Waals surface area contributed by atoms with E-state index in [0.29, 0.717) is 11.1 Å². The fraction of sp³-hybridized carbons (Fsp3) is 0. The van der Waals surface area contributed by atoms with Gasteiger partial charge in [-0.3, -0.25) is 14.6 Å². The molecular formula is C21H17N3O3. The van der Waals surface area contributed by atoms with Crippen LogP contribution in [-0.2, 0) is 4.79 Å². The van der Waals surface area contributed by atoms with Crippen LogP contribution >= 0.6 is 0 Å². The van der Waals surface area contributed by atoms with Crippen LogP contribution in [0.4, 0.5) is 5.69 Å². The number of benzene rings is 2. The SMILES string of the molecule is O=C(Nc1ccccc1O)C(=Cc1ccncc1)NC(=O)c1ccccc1. The molecule has 0 saturated carbocycles. The van der Waals surface area contributed by atoms with Crippen LogP contribution in [0.5, 0.6) is 5.75 Å². The summed E-state index contributed by atoms with van der Waals surface area (Å²) >= 11 is 0. The number of para-hydroxylation sites is 2. The second-order valence-corrected chi connectivity index (χ2v) is 5.63. The Morgan fingerprint density at radius 2 is 1.56 bits per heavy atom. The standard InChI is InChI=1S/C21H17N3O3/c25-19-9-5-4-8-17(19)23-21(27)18(14-15-10-12-22-13-11-15)24-20(26)16-6-2-1-3-7-16/h1-14,25H,(H,23,27)(H,24,26). The zero-order chi connectivity index (χ0) is 19.1. The van der Waals surface area contributed by atoms with Crippen molar-refractivity contribution in [3.05, 3.63) is 95.9 Å². The van der Waals surface area contributed by atoms with Crippen molar-refractivity contribution in [2.24, 2.45) is 0 Å². The van der Waals surface area contributed by atoms with Gasteiger partial charge in [0.05, 0.1) is 5.69 Å². The number of carbonyl (C=O) groups is 2. The van der Waals surface area contributed by atoms with Gasteiger partial charge in [-0.05, 0) is 48.0 Å². The molecule has 2 amide bonds. The number of carbonyl (C=O) groups excluding carboxylic acids is 2. The van der Waals surface area contributed by atoms with E-state index in [4.69, 9.17) is 0 Å². The lowest BCUT2D eigenvalue weighted by Crippen LogP contribution is -2.30. The van der Waals surface area contributed by atoms with Crippen LogP contribution in [0.15, 0.2) is 84.8 Å². The Hall–Kier alpha value is -3.93. The van der Waals surface area contributed by atoms with E-state index in [1.165, 1.54) is 12.1 Å². The molecule has 0 bridgehead atoms. The first-order valence-corrected chi connectivity index (χ1v) is 8.21. The van der Waals surface area contributed by atoms with Gasteiger partial charge >= 0.3 is 0 Å². The summed E-state index contributed by atoms with van der Waals surface area (Å²) in [6.45, 7) is 0. The Morgan fingerprint density at radius 3 is 2.26 bits per heavy atom. The molecule has 3 rings (SSSR count). The first-order valence-electron chi connectivity index (χ1n) is 8.21. The zero-order valence-electron chi connectivity index (χ0n) is 14.3. The fourth-order valence-corrected chi connectivity index (χ4v) is 2.34. The minimum absolute atomic E-state index is 0.0401. The lowest BCUT2D eigenvalue weighted by molar-refractivity contribution is -0.113. The molecule has 3 N–H and O–H groups in total.